The second kappa shape index (κ2) is 3.55. The van der Waals surface area contributed by atoms with Crippen LogP contribution in [0.25, 0.3) is 0 Å². The Bertz CT molecular complexity index is 32.7. The SMILES string of the molecule is FC(F)[SiH2]CCl. The van der Waals surface area contributed by atoms with Gasteiger partial charge in [-0.05, 0) is 0 Å². The van der Waals surface area contributed by atoms with Gasteiger partial charge in [-0.1, -0.05) is 0 Å². The zero-order valence-corrected chi connectivity index (χ0v) is 5.30. The van der Waals surface area contributed by atoms with Crippen molar-refractivity contribution in [1.29, 1.82) is 0 Å². The van der Waals surface area contributed by atoms with E-state index in [1.807, 2.05) is 0 Å². The Balaban J connectivity index is 2.63. The summed E-state index contributed by atoms with van der Waals surface area (Å²) < 4.78 is 22.0. The Kier molecular flexibility index (Phi) is 3.77. The van der Waals surface area contributed by atoms with E-state index < -0.39 is 15.6 Å². The maximum atomic E-state index is 11.0. The summed E-state index contributed by atoms with van der Waals surface area (Å²) in [5.41, 5.74) is 0.192. The molecule has 4 heteroatoms. The molecule has 6 heavy (non-hydrogen) atoms. The lowest BCUT2D eigenvalue weighted by Gasteiger charge is -1.85. The molecule has 0 unspecified atom stereocenters. The standard InChI is InChI=1S/C2H5ClF2Si/c3-1-6-2(4)5/h2H,1,6H2. The first kappa shape index (κ1) is 6.37. The van der Waals surface area contributed by atoms with Gasteiger partial charge in [0.25, 0.3) is 0 Å². The van der Waals surface area contributed by atoms with Crippen LogP contribution in [0.15, 0.2) is 0 Å². The molecule has 0 saturated heterocycles. The smallest absolute Gasteiger partial charge is 0.215 e. The first-order valence-corrected chi connectivity index (χ1v) is 3.96. The van der Waals surface area contributed by atoms with Gasteiger partial charge in [0.2, 0.25) is 6.05 Å². The van der Waals surface area contributed by atoms with Crippen molar-refractivity contribution < 1.29 is 8.78 Å². The van der Waals surface area contributed by atoms with Crippen LogP contribution in [0.4, 0.5) is 8.78 Å². The molecule has 0 saturated carbocycles. The van der Waals surface area contributed by atoms with E-state index in [2.05, 4.69) is 0 Å². The molecule has 0 amide bonds. The highest BCUT2D eigenvalue weighted by Gasteiger charge is 1.98. The van der Waals surface area contributed by atoms with Gasteiger partial charge in [0.05, 0.1) is 0 Å². The van der Waals surface area contributed by atoms with Crippen LogP contribution in [0.2, 0.25) is 0 Å². The quantitative estimate of drug-likeness (QED) is 0.379. The predicted octanol–water partition coefficient (Wildman–Crippen LogP) is 0.574. The lowest BCUT2D eigenvalue weighted by Crippen LogP contribution is -2.04. The molecule has 0 aliphatic heterocycles. The number of hydrogen-bond donors (Lipinski definition) is 0. The van der Waals surface area contributed by atoms with Crippen LogP contribution < -0.4 is 0 Å². The zero-order chi connectivity index (χ0) is 4.99. The summed E-state index contributed by atoms with van der Waals surface area (Å²) in [6.45, 7) is 0. The molecular weight excluding hydrogens is 126 g/mol. The maximum absolute atomic E-state index is 11.0. The normalized spacial score (nSPS) is 12.0. The highest BCUT2D eigenvalue weighted by molar-refractivity contribution is 6.50. The number of hydrogen-bond acceptors (Lipinski definition) is 0. The molecule has 0 fully saturated rings. The Hall–Kier alpha value is 0.367. The summed E-state index contributed by atoms with van der Waals surface area (Å²) in [5.74, 6) is 0. The summed E-state index contributed by atoms with van der Waals surface area (Å²) in [6.07, 6.45) is 0. The van der Waals surface area contributed by atoms with Crippen LogP contribution in [0.3, 0.4) is 0 Å². The van der Waals surface area contributed by atoms with Gasteiger partial charge in [-0.15, -0.1) is 11.6 Å². The van der Waals surface area contributed by atoms with Crippen LogP contribution in [0.5, 0.6) is 0 Å². The molecule has 0 heterocycles. The summed E-state index contributed by atoms with van der Waals surface area (Å²) in [7, 11) is -1.21. The summed E-state index contributed by atoms with van der Waals surface area (Å²) in [6, 6.07) is -2.09. The third-order valence-corrected chi connectivity index (χ3v) is 1.64. The van der Waals surface area contributed by atoms with Gasteiger partial charge >= 0.3 is 0 Å². The van der Waals surface area contributed by atoms with E-state index >= 15 is 0 Å². The van der Waals surface area contributed by atoms with Gasteiger partial charge in [0.1, 0.15) is 9.52 Å². The van der Waals surface area contributed by atoms with Gasteiger partial charge in [-0.25, -0.2) is 8.78 Å². The van der Waals surface area contributed by atoms with Crippen molar-refractivity contribution in [2.75, 3.05) is 5.50 Å². The van der Waals surface area contributed by atoms with Crippen LogP contribution in [0, 0.1) is 0 Å². The van der Waals surface area contributed by atoms with E-state index in [9.17, 15) is 8.78 Å². The fourth-order valence-electron chi connectivity index (χ4n) is 0.0825. The van der Waals surface area contributed by atoms with Crippen molar-refractivity contribution in [2.24, 2.45) is 0 Å². The molecule has 0 atom stereocenters. The Labute approximate surface area is 42.3 Å². The van der Waals surface area contributed by atoms with Crippen LogP contribution in [0.1, 0.15) is 0 Å². The van der Waals surface area contributed by atoms with E-state index in [0.717, 1.165) is 0 Å². The Morgan fingerprint density at radius 1 is 1.67 bits per heavy atom. The molecule has 0 aromatic heterocycles. The Morgan fingerprint density at radius 3 is 2.17 bits per heavy atom. The van der Waals surface area contributed by atoms with Gasteiger partial charge < -0.3 is 0 Å². The molecule has 0 N–H and O–H groups in total. The van der Waals surface area contributed by atoms with Gasteiger partial charge in [-0.2, -0.15) is 0 Å². The molecule has 0 radical (unpaired) electrons. The highest BCUT2D eigenvalue weighted by Crippen LogP contribution is 1.87. The minimum atomic E-state index is -2.09. The maximum Gasteiger partial charge on any atom is 0.215 e. The first-order valence-electron chi connectivity index (χ1n) is 1.61. The van der Waals surface area contributed by atoms with Crippen LogP contribution in [-0.4, -0.2) is 21.1 Å². The van der Waals surface area contributed by atoms with E-state index in [1.165, 1.54) is 0 Å². The largest absolute Gasteiger partial charge is 0.216 e. The van der Waals surface area contributed by atoms with Gasteiger partial charge in [0.15, 0.2) is 0 Å². The average molecular weight is 131 g/mol. The van der Waals surface area contributed by atoms with Gasteiger partial charge in [0, 0.05) is 5.50 Å². The molecule has 0 aromatic carbocycles. The van der Waals surface area contributed by atoms with Crippen molar-refractivity contribution >= 4 is 21.1 Å². The fourth-order valence-corrected chi connectivity index (χ4v) is 0.742. The molecule has 0 nitrogen and oxygen atoms in total. The van der Waals surface area contributed by atoms with E-state index in [4.69, 9.17) is 11.6 Å². The highest BCUT2D eigenvalue weighted by atomic mass is 35.5. The molecule has 0 rings (SSSR count). The molecule has 0 aliphatic carbocycles. The van der Waals surface area contributed by atoms with Crippen molar-refractivity contribution in [2.45, 2.75) is 6.05 Å². The number of alkyl halides is 3. The molecule has 0 aliphatic rings. The molecule has 0 spiro atoms. The minimum Gasteiger partial charge on any atom is -0.216 e. The Morgan fingerprint density at radius 2 is 2.17 bits per heavy atom. The lowest BCUT2D eigenvalue weighted by molar-refractivity contribution is 0.238. The van der Waals surface area contributed by atoms with Crippen molar-refractivity contribution in [3.8, 4) is 0 Å². The molecular formula is C2H5ClF2Si. The molecule has 38 valence electrons. The van der Waals surface area contributed by atoms with E-state index in [0.29, 0.717) is 0 Å². The second-order valence-electron chi connectivity index (χ2n) is 0.869. The average Bonchev–Trinajstić information content (AvgIpc) is 1.35. The summed E-state index contributed by atoms with van der Waals surface area (Å²) in [5, 5.41) is 0. The van der Waals surface area contributed by atoms with E-state index in [1.54, 1.807) is 0 Å². The second-order valence-corrected chi connectivity index (χ2v) is 3.58. The third kappa shape index (κ3) is 4.37. The summed E-state index contributed by atoms with van der Waals surface area (Å²) >= 11 is 4.98. The van der Waals surface area contributed by atoms with Crippen molar-refractivity contribution in [3.63, 3.8) is 0 Å². The zero-order valence-electron chi connectivity index (χ0n) is 3.13. The third-order valence-electron chi connectivity index (χ3n) is 0.327. The van der Waals surface area contributed by atoms with Crippen LogP contribution >= 0.6 is 11.6 Å². The monoisotopic (exact) mass is 130 g/mol. The lowest BCUT2D eigenvalue weighted by atomic mass is 11.7. The molecule has 0 aromatic rings. The van der Waals surface area contributed by atoms with Gasteiger partial charge in [-0.3, -0.25) is 0 Å². The van der Waals surface area contributed by atoms with E-state index in [-0.39, 0.29) is 5.50 Å². The van der Waals surface area contributed by atoms with Crippen molar-refractivity contribution in [3.05, 3.63) is 0 Å². The summed E-state index contributed by atoms with van der Waals surface area (Å²) in [4.78, 5) is 0. The number of halogens is 3. The minimum absolute atomic E-state index is 0.192. The number of rotatable bonds is 2. The van der Waals surface area contributed by atoms with Crippen molar-refractivity contribution in [1.82, 2.24) is 0 Å². The predicted molar refractivity (Wildman–Crippen MR) is 25.3 cm³/mol. The topological polar surface area (TPSA) is 0 Å². The molecule has 0 bridgehead atoms. The first-order chi connectivity index (χ1) is 2.77. The van der Waals surface area contributed by atoms with Crippen LogP contribution in [-0.2, 0) is 0 Å². The fraction of sp³-hybridized carbons (Fsp3) is 1.00.